The minimum absolute atomic E-state index is 0.158. The Bertz CT molecular complexity index is 1050. The third-order valence-electron chi connectivity index (χ3n) is 4.54. The first-order chi connectivity index (χ1) is 14.4. The Morgan fingerprint density at radius 1 is 1.27 bits per heavy atom. The molecule has 0 saturated carbocycles. The Kier molecular flexibility index (Phi) is 6.41. The lowest BCUT2D eigenvalue weighted by Crippen LogP contribution is -2.28. The van der Waals surface area contributed by atoms with Crippen molar-refractivity contribution >= 4 is 11.6 Å². The first-order valence-corrected chi connectivity index (χ1v) is 9.35. The van der Waals surface area contributed by atoms with Crippen molar-refractivity contribution in [2.75, 3.05) is 0 Å². The molecule has 1 aromatic heterocycles. The van der Waals surface area contributed by atoms with Crippen LogP contribution in [0.25, 0.3) is 0 Å². The number of nitro groups is 1. The molecular weight excluding hydrogens is 391 g/mol. The molecule has 0 radical (unpaired) electrons. The van der Waals surface area contributed by atoms with Crippen molar-refractivity contribution in [3.63, 3.8) is 0 Å². The highest BCUT2D eigenvalue weighted by Gasteiger charge is 2.18. The van der Waals surface area contributed by atoms with Crippen LogP contribution in [0.5, 0.6) is 5.75 Å². The number of amides is 1. The summed E-state index contributed by atoms with van der Waals surface area (Å²) in [7, 11) is 0. The molecule has 0 aliphatic carbocycles. The topological polar surface area (TPSA) is 99.3 Å². The average Bonchev–Trinajstić information content (AvgIpc) is 3.20. The quantitative estimate of drug-likeness (QED) is 0.442. The summed E-state index contributed by atoms with van der Waals surface area (Å²) in [5.41, 5.74) is 1.96. The number of carbonyl (C=O) groups excluding carboxylic acids is 1. The van der Waals surface area contributed by atoms with E-state index >= 15 is 0 Å². The lowest BCUT2D eigenvalue weighted by atomic mass is 10.0. The summed E-state index contributed by atoms with van der Waals surface area (Å²) in [6.45, 7) is 3.76. The Hall–Kier alpha value is -3.75. The third-order valence-corrected chi connectivity index (χ3v) is 4.54. The number of ether oxygens (including phenoxy) is 1. The van der Waals surface area contributed by atoms with Gasteiger partial charge in [-0.15, -0.1) is 0 Å². The Morgan fingerprint density at radius 2 is 2.00 bits per heavy atom. The van der Waals surface area contributed by atoms with Crippen molar-refractivity contribution < 1.29 is 18.8 Å². The molecule has 3 rings (SSSR count). The summed E-state index contributed by atoms with van der Waals surface area (Å²) in [5.74, 6) is -1.22. The van der Waals surface area contributed by atoms with Gasteiger partial charge in [-0.3, -0.25) is 14.9 Å². The minimum Gasteiger partial charge on any atom is -0.464 e. The predicted molar refractivity (Wildman–Crippen MR) is 108 cm³/mol. The molecule has 1 atom stereocenters. The van der Waals surface area contributed by atoms with Gasteiger partial charge in [-0.05, 0) is 31.0 Å². The maximum atomic E-state index is 13.4. The highest BCUT2D eigenvalue weighted by Crippen LogP contribution is 2.27. The summed E-state index contributed by atoms with van der Waals surface area (Å²) in [6.07, 6.45) is 2.22. The number of hydrogen-bond acceptors (Lipinski definition) is 5. The third kappa shape index (κ3) is 4.99. The van der Waals surface area contributed by atoms with Gasteiger partial charge in [0.2, 0.25) is 5.75 Å². The van der Waals surface area contributed by atoms with E-state index in [1.54, 1.807) is 0 Å². The van der Waals surface area contributed by atoms with Crippen LogP contribution in [0.4, 0.5) is 10.1 Å². The first-order valence-electron chi connectivity index (χ1n) is 9.35. The van der Waals surface area contributed by atoms with Crippen LogP contribution in [0.1, 0.15) is 41.0 Å². The van der Waals surface area contributed by atoms with Gasteiger partial charge in [0.25, 0.3) is 5.91 Å². The molecule has 1 N–H and O–H groups in total. The van der Waals surface area contributed by atoms with Crippen LogP contribution in [0.15, 0.2) is 54.7 Å². The van der Waals surface area contributed by atoms with Gasteiger partial charge in [0.1, 0.15) is 11.5 Å². The standard InChI is InChI=1S/C21H21FN4O4/c1-3-17(15-6-4-14(2)5-7-15)23-21(27)18-10-11-25(24-18)13-30-20-12-16(22)8-9-19(20)26(28)29/h4-12,17H,3,13H2,1-2H3,(H,23,27). The van der Waals surface area contributed by atoms with Crippen molar-refractivity contribution in [1.82, 2.24) is 15.1 Å². The van der Waals surface area contributed by atoms with Crippen LogP contribution >= 0.6 is 0 Å². The van der Waals surface area contributed by atoms with Crippen molar-refractivity contribution in [2.24, 2.45) is 0 Å². The van der Waals surface area contributed by atoms with Gasteiger partial charge in [-0.1, -0.05) is 36.8 Å². The van der Waals surface area contributed by atoms with Crippen LogP contribution in [0.2, 0.25) is 0 Å². The smallest absolute Gasteiger partial charge is 0.311 e. The second-order valence-electron chi connectivity index (χ2n) is 6.73. The number of aryl methyl sites for hydroxylation is 1. The maximum absolute atomic E-state index is 13.4. The highest BCUT2D eigenvalue weighted by atomic mass is 19.1. The first kappa shape index (κ1) is 21.0. The van der Waals surface area contributed by atoms with Crippen molar-refractivity contribution in [1.29, 1.82) is 0 Å². The maximum Gasteiger partial charge on any atom is 0.311 e. The number of carbonyl (C=O) groups is 1. The summed E-state index contributed by atoms with van der Waals surface area (Å²) in [5, 5.41) is 18.1. The second kappa shape index (κ2) is 9.17. The molecule has 9 heteroatoms. The Morgan fingerprint density at radius 3 is 2.67 bits per heavy atom. The molecule has 0 saturated heterocycles. The molecule has 0 aliphatic heterocycles. The number of nitrogens with one attached hydrogen (secondary N) is 1. The van der Waals surface area contributed by atoms with Crippen LogP contribution in [-0.4, -0.2) is 20.6 Å². The Balaban J connectivity index is 1.66. The van der Waals surface area contributed by atoms with Gasteiger partial charge >= 0.3 is 5.69 Å². The van der Waals surface area contributed by atoms with E-state index in [1.807, 2.05) is 38.1 Å². The van der Waals surface area contributed by atoms with E-state index in [0.717, 1.165) is 29.3 Å². The van der Waals surface area contributed by atoms with E-state index in [2.05, 4.69) is 10.4 Å². The van der Waals surface area contributed by atoms with Gasteiger partial charge in [0.05, 0.1) is 11.0 Å². The van der Waals surface area contributed by atoms with Crippen LogP contribution in [-0.2, 0) is 6.73 Å². The number of halogens is 1. The number of aromatic nitrogens is 2. The zero-order valence-electron chi connectivity index (χ0n) is 16.5. The number of nitrogens with zero attached hydrogens (tertiary/aromatic N) is 3. The Labute approximate surface area is 172 Å². The molecule has 2 aromatic carbocycles. The number of rotatable bonds is 8. The van der Waals surface area contributed by atoms with Crippen molar-refractivity contribution in [3.8, 4) is 5.75 Å². The highest BCUT2D eigenvalue weighted by molar-refractivity contribution is 5.92. The molecule has 1 heterocycles. The van der Waals surface area contributed by atoms with E-state index in [4.69, 9.17) is 4.74 Å². The molecule has 1 unspecified atom stereocenters. The van der Waals surface area contributed by atoms with E-state index in [-0.39, 0.29) is 35.8 Å². The molecule has 0 fully saturated rings. The molecule has 30 heavy (non-hydrogen) atoms. The fourth-order valence-corrected chi connectivity index (χ4v) is 2.90. The zero-order chi connectivity index (χ0) is 21.7. The SMILES string of the molecule is CCC(NC(=O)c1ccn(COc2cc(F)ccc2[N+](=O)[O-])n1)c1ccc(C)cc1. The van der Waals surface area contributed by atoms with Gasteiger partial charge in [-0.25, -0.2) is 9.07 Å². The van der Waals surface area contributed by atoms with Crippen molar-refractivity contribution in [2.45, 2.75) is 33.0 Å². The predicted octanol–water partition coefficient (Wildman–Crippen LogP) is 4.16. The monoisotopic (exact) mass is 412 g/mol. The zero-order valence-corrected chi connectivity index (χ0v) is 16.5. The molecule has 3 aromatic rings. The normalized spacial score (nSPS) is 11.7. The fraction of sp³-hybridized carbons (Fsp3) is 0.238. The summed E-state index contributed by atoms with van der Waals surface area (Å²) in [4.78, 5) is 22.9. The molecule has 0 spiro atoms. The summed E-state index contributed by atoms with van der Waals surface area (Å²) in [6, 6.07) is 12.2. The molecule has 0 bridgehead atoms. The molecule has 156 valence electrons. The fourth-order valence-electron chi connectivity index (χ4n) is 2.90. The molecule has 0 aliphatic rings. The molecular formula is C21H21FN4O4. The van der Waals surface area contributed by atoms with E-state index in [0.29, 0.717) is 6.42 Å². The van der Waals surface area contributed by atoms with Crippen molar-refractivity contribution in [3.05, 3.63) is 87.5 Å². The minimum atomic E-state index is -0.660. The van der Waals surface area contributed by atoms with Crippen LogP contribution < -0.4 is 10.1 Å². The number of nitro benzene ring substituents is 1. The lowest BCUT2D eigenvalue weighted by Gasteiger charge is -2.17. The average molecular weight is 412 g/mol. The van der Waals surface area contributed by atoms with Gasteiger partial charge < -0.3 is 10.1 Å². The lowest BCUT2D eigenvalue weighted by molar-refractivity contribution is -0.386. The molecule has 1 amide bonds. The number of hydrogen-bond donors (Lipinski definition) is 1. The van der Waals surface area contributed by atoms with E-state index in [1.165, 1.54) is 16.9 Å². The number of benzene rings is 2. The molecule has 8 nitrogen and oxygen atoms in total. The van der Waals surface area contributed by atoms with Gasteiger partial charge in [0.15, 0.2) is 6.73 Å². The van der Waals surface area contributed by atoms with E-state index in [9.17, 15) is 19.3 Å². The summed E-state index contributed by atoms with van der Waals surface area (Å²) >= 11 is 0. The van der Waals surface area contributed by atoms with Crippen LogP contribution in [0.3, 0.4) is 0 Å². The summed E-state index contributed by atoms with van der Waals surface area (Å²) < 4.78 is 20.0. The van der Waals surface area contributed by atoms with Crippen LogP contribution in [0, 0.1) is 22.9 Å². The van der Waals surface area contributed by atoms with Gasteiger partial charge in [-0.2, -0.15) is 5.10 Å². The second-order valence-corrected chi connectivity index (χ2v) is 6.73. The van der Waals surface area contributed by atoms with Gasteiger partial charge in [0, 0.05) is 18.3 Å². The largest absolute Gasteiger partial charge is 0.464 e. The van der Waals surface area contributed by atoms with E-state index < -0.39 is 10.7 Å².